The van der Waals surface area contributed by atoms with Gasteiger partial charge in [0.05, 0.1) is 11.3 Å². The lowest BCUT2D eigenvalue weighted by Gasteiger charge is -2.34. The number of anilines is 1. The molecule has 1 aromatic carbocycles. The number of nitrogens with zero attached hydrogens (tertiary/aromatic N) is 4. The molecule has 25 heavy (non-hydrogen) atoms. The molecule has 1 saturated heterocycles. The van der Waals surface area contributed by atoms with E-state index in [-0.39, 0.29) is 11.9 Å². The Labute approximate surface area is 147 Å². The number of carbonyl (C=O) groups is 1. The summed E-state index contributed by atoms with van der Waals surface area (Å²) >= 11 is 0. The molecule has 0 atom stereocenters. The average Bonchev–Trinajstić information content (AvgIpc) is 2.63. The maximum atomic E-state index is 12.6. The highest BCUT2D eigenvalue weighted by molar-refractivity contribution is 5.95. The zero-order valence-electron chi connectivity index (χ0n) is 14.4. The second kappa shape index (κ2) is 7.94. The molecular formula is C18H23N5O2. The summed E-state index contributed by atoms with van der Waals surface area (Å²) in [7, 11) is 0. The van der Waals surface area contributed by atoms with Crippen molar-refractivity contribution in [3.05, 3.63) is 47.8 Å². The fourth-order valence-electron chi connectivity index (χ4n) is 2.85. The standard InChI is InChI=1S/C18H23N5O2/c1-14-16(13-20-18(19)21-14)17(24)23-9-7-22(8-10-23)11-12-25-15-5-3-2-4-6-15/h2-6,13H,7-12H2,1H3,(H2,19,20,21). The van der Waals surface area contributed by atoms with E-state index in [0.717, 1.165) is 25.4 Å². The number of nitrogen functional groups attached to an aromatic ring is 1. The summed E-state index contributed by atoms with van der Waals surface area (Å²) in [6, 6.07) is 9.80. The largest absolute Gasteiger partial charge is 0.492 e. The minimum Gasteiger partial charge on any atom is -0.492 e. The molecule has 0 spiro atoms. The number of aromatic nitrogens is 2. The lowest BCUT2D eigenvalue weighted by atomic mass is 10.2. The first-order valence-electron chi connectivity index (χ1n) is 8.42. The van der Waals surface area contributed by atoms with Crippen LogP contribution in [0.2, 0.25) is 0 Å². The predicted molar refractivity (Wildman–Crippen MR) is 95.5 cm³/mol. The molecule has 0 radical (unpaired) electrons. The van der Waals surface area contributed by atoms with E-state index in [1.807, 2.05) is 35.2 Å². The van der Waals surface area contributed by atoms with E-state index in [9.17, 15) is 4.79 Å². The zero-order chi connectivity index (χ0) is 17.6. The van der Waals surface area contributed by atoms with Crippen LogP contribution in [0.1, 0.15) is 16.1 Å². The van der Waals surface area contributed by atoms with Crippen molar-refractivity contribution in [3.63, 3.8) is 0 Å². The number of ether oxygens (including phenoxy) is 1. The number of piperazine rings is 1. The molecule has 1 aliphatic rings. The summed E-state index contributed by atoms with van der Waals surface area (Å²) in [5.74, 6) is 1.05. The van der Waals surface area contributed by atoms with Crippen molar-refractivity contribution in [1.82, 2.24) is 19.8 Å². The van der Waals surface area contributed by atoms with Gasteiger partial charge in [-0.15, -0.1) is 0 Å². The fourth-order valence-corrected chi connectivity index (χ4v) is 2.85. The number of hydrogen-bond acceptors (Lipinski definition) is 6. The molecule has 132 valence electrons. The van der Waals surface area contributed by atoms with E-state index in [0.29, 0.717) is 31.0 Å². The third-order valence-corrected chi connectivity index (χ3v) is 4.31. The quantitative estimate of drug-likeness (QED) is 0.880. The van der Waals surface area contributed by atoms with E-state index < -0.39 is 0 Å². The highest BCUT2D eigenvalue weighted by Gasteiger charge is 2.23. The van der Waals surface area contributed by atoms with Crippen molar-refractivity contribution in [2.24, 2.45) is 0 Å². The van der Waals surface area contributed by atoms with Crippen molar-refractivity contribution in [1.29, 1.82) is 0 Å². The molecule has 0 aliphatic carbocycles. The first-order valence-corrected chi connectivity index (χ1v) is 8.42. The lowest BCUT2D eigenvalue weighted by molar-refractivity contribution is 0.0618. The Kier molecular flexibility index (Phi) is 5.45. The third kappa shape index (κ3) is 4.45. The van der Waals surface area contributed by atoms with Gasteiger partial charge in [0, 0.05) is 38.9 Å². The second-order valence-electron chi connectivity index (χ2n) is 6.02. The maximum Gasteiger partial charge on any atom is 0.257 e. The van der Waals surface area contributed by atoms with Gasteiger partial charge < -0.3 is 15.4 Å². The van der Waals surface area contributed by atoms with Crippen LogP contribution in [0.3, 0.4) is 0 Å². The van der Waals surface area contributed by atoms with E-state index in [1.165, 1.54) is 6.20 Å². The van der Waals surface area contributed by atoms with Crippen molar-refractivity contribution in [2.75, 3.05) is 45.1 Å². The van der Waals surface area contributed by atoms with Gasteiger partial charge >= 0.3 is 0 Å². The Morgan fingerprint density at radius 3 is 2.60 bits per heavy atom. The first-order chi connectivity index (χ1) is 12.1. The maximum absolute atomic E-state index is 12.6. The molecule has 1 amide bonds. The molecule has 0 bridgehead atoms. The summed E-state index contributed by atoms with van der Waals surface area (Å²) in [5.41, 5.74) is 6.69. The van der Waals surface area contributed by atoms with Crippen molar-refractivity contribution >= 4 is 11.9 Å². The van der Waals surface area contributed by atoms with Gasteiger partial charge in [-0.1, -0.05) is 18.2 Å². The lowest BCUT2D eigenvalue weighted by Crippen LogP contribution is -2.49. The molecule has 1 aromatic heterocycles. The molecule has 2 aromatic rings. The molecule has 3 rings (SSSR count). The first kappa shape index (κ1) is 17.2. The van der Waals surface area contributed by atoms with Crippen LogP contribution in [-0.2, 0) is 0 Å². The van der Waals surface area contributed by atoms with Gasteiger partial charge in [0.15, 0.2) is 0 Å². The molecular weight excluding hydrogens is 318 g/mol. The number of benzene rings is 1. The highest BCUT2D eigenvalue weighted by Crippen LogP contribution is 2.12. The fraction of sp³-hybridized carbons (Fsp3) is 0.389. The minimum atomic E-state index is -0.0299. The molecule has 0 unspecified atom stereocenters. The minimum absolute atomic E-state index is 0.0299. The van der Waals surface area contributed by atoms with Gasteiger partial charge in [0.2, 0.25) is 5.95 Å². The smallest absolute Gasteiger partial charge is 0.257 e. The number of rotatable bonds is 5. The van der Waals surface area contributed by atoms with Crippen LogP contribution in [0, 0.1) is 6.92 Å². The molecule has 7 nitrogen and oxygen atoms in total. The van der Waals surface area contributed by atoms with Crippen molar-refractivity contribution in [2.45, 2.75) is 6.92 Å². The Morgan fingerprint density at radius 2 is 1.92 bits per heavy atom. The number of para-hydroxylation sites is 1. The van der Waals surface area contributed by atoms with Crippen molar-refractivity contribution in [3.8, 4) is 5.75 Å². The van der Waals surface area contributed by atoms with Crippen LogP contribution in [0.15, 0.2) is 36.5 Å². The Morgan fingerprint density at radius 1 is 1.20 bits per heavy atom. The summed E-state index contributed by atoms with van der Waals surface area (Å²) in [6.07, 6.45) is 1.51. The Bertz CT molecular complexity index is 715. The number of aryl methyl sites for hydroxylation is 1. The van der Waals surface area contributed by atoms with Crippen LogP contribution < -0.4 is 10.5 Å². The zero-order valence-corrected chi connectivity index (χ0v) is 14.4. The van der Waals surface area contributed by atoms with E-state index in [2.05, 4.69) is 14.9 Å². The summed E-state index contributed by atoms with van der Waals surface area (Å²) < 4.78 is 5.73. The highest BCUT2D eigenvalue weighted by atomic mass is 16.5. The molecule has 1 fully saturated rings. The monoisotopic (exact) mass is 341 g/mol. The summed E-state index contributed by atoms with van der Waals surface area (Å²) in [6.45, 7) is 6.31. The van der Waals surface area contributed by atoms with Gasteiger partial charge in [0.25, 0.3) is 5.91 Å². The summed E-state index contributed by atoms with van der Waals surface area (Å²) in [5, 5.41) is 0. The topological polar surface area (TPSA) is 84.6 Å². The molecule has 7 heteroatoms. The van der Waals surface area contributed by atoms with Gasteiger partial charge in [-0.3, -0.25) is 9.69 Å². The van der Waals surface area contributed by atoms with Gasteiger partial charge in [-0.05, 0) is 19.1 Å². The van der Waals surface area contributed by atoms with Crippen molar-refractivity contribution < 1.29 is 9.53 Å². The van der Waals surface area contributed by atoms with Crippen LogP contribution in [0.4, 0.5) is 5.95 Å². The van der Waals surface area contributed by atoms with E-state index >= 15 is 0 Å². The van der Waals surface area contributed by atoms with Gasteiger partial charge in [0.1, 0.15) is 12.4 Å². The summed E-state index contributed by atoms with van der Waals surface area (Å²) in [4.78, 5) is 24.7. The molecule has 2 N–H and O–H groups in total. The Hall–Kier alpha value is -2.67. The predicted octanol–water partition coefficient (Wildman–Crippen LogP) is 1.20. The van der Waals surface area contributed by atoms with Crippen LogP contribution in [0.5, 0.6) is 5.75 Å². The van der Waals surface area contributed by atoms with Gasteiger partial charge in [-0.2, -0.15) is 0 Å². The molecule has 1 aliphatic heterocycles. The van der Waals surface area contributed by atoms with Crippen LogP contribution >= 0.6 is 0 Å². The number of hydrogen-bond donors (Lipinski definition) is 1. The number of nitrogens with two attached hydrogens (primary N) is 1. The van der Waals surface area contributed by atoms with Crippen LogP contribution in [0.25, 0.3) is 0 Å². The van der Waals surface area contributed by atoms with E-state index in [1.54, 1.807) is 6.92 Å². The second-order valence-corrected chi connectivity index (χ2v) is 6.02. The van der Waals surface area contributed by atoms with Crippen LogP contribution in [-0.4, -0.2) is 65.0 Å². The SMILES string of the molecule is Cc1nc(N)ncc1C(=O)N1CCN(CCOc2ccccc2)CC1. The van der Waals surface area contributed by atoms with E-state index in [4.69, 9.17) is 10.5 Å². The third-order valence-electron chi connectivity index (χ3n) is 4.31. The molecule has 0 saturated carbocycles. The number of amides is 1. The Balaban J connectivity index is 1.46. The molecule has 2 heterocycles. The number of carbonyl (C=O) groups excluding carboxylic acids is 1. The average molecular weight is 341 g/mol. The van der Waals surface area contributed by atoms with Gasteiger partial charge in [-0.25, -0.2) is 9.97 Å². The normalized spacial score (nSPS) is 15.2.